The van der Waals surface area contributed by atoms with Gasteiger partial charge < -0.3 is 10.1 Å². The van der Waals surface area contributed by atoms with E-state index in [2.05, 4.69) is 50.8 Å². The van der Waals surface area contributed by atoms with Gasteiger partial charge in [-0.3, -0.25) is 4.79 Å². The van der Waals surface area contributed by atoms with Crippen LogP contribution in [0.4, 0.5) is 5.69 Å². The summed E-state index contributed by atoms with van der Waals surface area (Å²) in [5.74, 6) is -0.157. The maximum absolute atomic E-state index is 11.1. The summed E-state index contributed by atoms with van der Waals surface area (Å²) >= 11 is 2.29. The number of hydrogen-bond donors (Lipinski definition) is 1. The zero-order valence-electron chi connectivity index (χ0n) is 8.42. The van der Waals surface area contributed by atoms with Crippen molar-refractivity contribution in [3.05, 3.63) is 27.3 Å². The molecule has 1 N–H and O–H groups in total. The molecule has 0 saturated carbocycles. The molecule has 0 radical (unpaired) electrons. The molecular weight excluding hydrogens is 305 g/mol. The van der Waals surface area contributed by atoms with Crippen LogP contribution in [-0.2, 0) is 16.0 Å². The van der Waals surface area contributed by atoms with E-state index in [1.165, 1.54) is 16.2 Å². The Kier molecular flexibility index (Phi) is 3.14. The number of carbonyl (C=O) groups is 1. The third kappa shape index (κ3) is 2.42. The minimum atomic E-state index is -0.157. The van der Waals surface area contributed by atoms with Crippen molar-refractivity contribution in [1.82, 2.24) is 0 Å². The number of anilines is 1. The van der Waals surface area contributed by atoms with Crippen LogP contribution in [0.2, 0.25) is 0 Å². The Morgan fingerprint density at radius 3 is 3.20 bits per heavy atom. The number of ether oxygens (including phenoxy) is 1. The second kappa shape index (κ2) is 4.38. The molecule has 80 valence electrons. The Morgan fingerprint density at radius 2 is 2.47 bits per heavy atom. The Balaban J connectivity index is 2.06. The van der Waals surface area contributed by atoms with E-state index in [-0.39, 0.29) is 12.0 Å². The van der Waals surface area contributed by atoms with Crippen molar-refractivity contribution >= 4 is 34.2 Å². The highest BCUT2D eigenvalue weighted by Crippen LogP contribution is 2.28. The largest absolute Gasteiger partial charge is 0.469 e. The zero-order valence-corrected chi connectivity index (χ0v) is 10.6. The molecule has 1 aliphatic rings. The Labute approximate surface area is 102 Å². The number of halogens is 1. The fraction of sp³-hybridized carbons (Fsp3) is 0.364. The van der Waals surface area contributed by atoms with E-state index < -0.39 is 0 Å². The third-order valence-electron chi connectivity index (χ3n) is 2.53. The number of methoxy groups -OCH3 is 1. The standard InChI is InChI=1S/C11H12INO2/c1-15-11(14)6-9-5-7-4-8(12)2-3-10(7)13-9/h2-4,9,13H,5-6H2,1H3. The maximum Gasteiger partial charge on any atom is 0.307 e. The normalized spacial score (nSPS) is 18.1. The maximum atomic E-state index is 11.1. The summed E-state index contributed by atoms with van der Waals surface area (Å²) in [7, 11) is 1.42. The van der Waals surface area contributed by atoms with Crippen molar-refractivity contribution in [2.75, 3.05) is 12.4 Å². The second-order valence-corrected chi connectivity index (χ2v) is 4.87. The SMILES string of the molecule is COC(=O)CC1Cc2cc(I)ccc2N1. The first-order valence-electron chi connectivity index (χ1n) is 4.81. The molecule has 1 aromatic rings. The van der Waals surface area contributed by atoms with E-state index in [0.717, 1.165) is 12.1 Å². The molecule has 1 unspecified atom stereocenters. The summed E-state index contributed by atoms with van der Waals surface area (Å²) in [6.45, 7) is 0. The van der Waals surface area contributed by atoms with Gasteiger partial charge in [0.15, 0.2) is 0 Å². The lowest BCUT2D eigenvalue weighted by molar-refractivity contribution is -0.140. The van der Waals surface area contributed by atoms with E-state index in [1.54, 1.807) is 0 Å². The van der Waals surface area contributed by atoms with Crippen LogP contribution < -0.4 is 5.32 Å². The fourth-order valence-electron chi connectivity index (χ4n) is 1.82. The van der Waals surface area contributed by atoms with E-state index in [9.17, 15) is 4.79 Å². The van der Waals surface area contributed by atoms with Crippen LogP contribution in [0.15, 0.2) is 18.2 Å². The number of carbonyl (C=O) groups excluding carboxylic acids is 1. The highest BCUT2D eigenvalue weighted by Gasteiger charge is 2.22. The first-order valence-corrected chi connectivity index (χ1v) is 5.88. The van der Waals surface area contributed by atoms with Crippen molar-refractivity contribution in [1.29, 1.82) is 0 Å². The second-order valence-electron chi connectivity index (χ2n) is 3.63. The number of esters is 1. The topological polar surface area (TPSA) is 38.3 Å². The molecule has 4 heteroatoms. The Bertz CT molecular complexity index is 392. The van der Waals surface area contributed by atoms with Crippen molar-refractivity contribution in [2.24, 2.45) is 0 Å². The highest BCUT2D eigenvalue weighted by molar-refractivity contribution is 14.1. The summed E-state index contributed by atoms with van der Waals surface area (Å²) < 4.78 is 5.88. The first-order chi connectivity index (χ1) is 7.19. The predicted octanol–water partition coefficient (Wildman–Crippen LogP) is 2.19. The van der Waals surface area contributed by atoms with Crippen molar-refractivity contribution < 1.29 is 9.53 Å². The van der Waals surface area contributed by atoms with Crippen LogP contribution in [0.5, 0.6) is 0 Å². The minimum absolute atomic E-state index is 0.157. The van der Waals surface area contributed by atoms with Gasteiger partial charge in [-0.15, -0.1) is 0 Å². The van der Waals surface area contributed by atoms with Crippen LogP contribution in [-0.4, -0.2) is 19.1 Å². The molecule has 0 bridgehead atoms. The lowest BCUT2D eigenvalue weighted by Crippen LogP contribution is -2.20. The molecule has 1 aliphatic heterocycles. The van der Waals surface area contributed by atoms with Gasteiger partial charge in [-0.25, -0.2) is 0 Å². The van der Waals surface area contributed by atoms with Crippen LogP contribution in [0.1, 0.15) is 12.0 Å². The highest BCUT2D eigenvalue weighted by atomic mass is 127. The number of fused-ring (bicyclic) bond motifs is 1. The van der Waals surface area contributed by atoms with Gasteiger partial charge >= 0.3 is 5.97 Å². The van der Waals surface area contributed by atoms with Gasteiger partial charge in [-0.1, -0.05) is 0 Å². The van der Waals surface area contributed by atoms with Crippen molar-refractivity contribution in [2.45, 2.75) is 18.9 Å². The summed E-state index contributed by atoms with van der Waals surface area (Å²) in [6.07, 6.45) is 1.34. The van der Waals surface area contributed by atoms with Crippen LogP contribution in [0.25, 0.3) is 0 Å². The van der Waals surface area contributed by atoms with E-state index in [1.807, 2.05) is 0 Å². The monoisotopic (exact) mass is 317 g/mol. The number of nitrogens with one attached hydrogen (secondary N) is 1. The lowest BCUT2D eigenvalue weighted by Gasteiger charge is -2.08. The van der Waals surface area contributed by atoms with Gasteiger partial charge in [0.25, 0.3) is 0 Å². The van der Waals surface area contributed by atoms with Crippen LogP contribution in [0, 0.1) is 3.57 Å². The van der Waals surface area contributed by atoms with Crippen molar-refractivity contribution in [3.63, 3.8) is 0 Å². The van der Waals surface area contributed by atoms with Gasteiger partial charge in [-0.2, -0.15) is 0 Å². The molecule has 0 aromatic heterocycles. The van der Waals surface area contributed by atoms with Gasteiger partial charge in [0, 0.05) is 15.3 Å². The Hall–Kier alpha value is -0.780. The van der Waals surface area contributed by atoms with Gasteiger partial charge in [0.1, 0.15) is 0 Å². The van der Waals surface area contributed by atoms with E-state index >= 15 is 0 Å². The molecule has 0 aliphatic carbocycles. The van der Waals surface area contributed by atoms with E-state index in [0.29, 0.717) is 6.42 Å². The molecular formula is C11H12INO2. The first kappa shape index (κ1) is 10.7. The molecule has 0 spiro atoms. The number of benzene rings is 1. The number of hydrogen-bond acceptors (Lipinski definition) is 3. The van der Waals surface area contributed by atoms with Gasteiger partial charge in [0.05, 0.1) is 13.5 Å². The zero-order chi connectivity index (χ0) is 10.8. The van der Waals surface area contributed by atoms with Crippen LogP contribution in [0.3, 0.4) is 0 Å². The molecule has 2 rings (SSSR count). The summed E-state index contributed by atoms with van der Waals surface area (Å²) in [6, 6.07) is 6.47. The Morgan fingerprint density at radius 1 is 1.67 bits per heavy atom. The quantitative estimate of drug-likeness (QED) is 0.671. The minimum Gasteiger partial charge on any atom is -0.469 e. The average Bonchev–Trinajstić information content (AvgIpc) is 2.59. The molecule has 0 saturated heterocycles. The molecule has 1 atom stereocenters. The van der Waals surface area contributed by atoms with Gasteiger partial charge in [-0.05, 0) is 52.8 Å². The smallest absolute Gasteiger partial charge is 0.307 e. The lowest BCUT2D eigenvalue weighted by atomic mass is 10.1. The average molecular weight is 317 g/mol. The van der Waals surface area contributed by atoms with Gasteiger partial charge in [0.2, 0.25) is 0 Å². The summed E-state index contributed by atoms with van der Waals surface area (Å²) in [5, 5.41) is 3.32. The molecule has 1 aromatic carbocycles. The molecule has 1 heterocycles. The van der Waals surface area contributed by atoms with Crippen molar-refractivity contribution in [3.8, 4) is 0 Å². The van der Waals surface area contributed by atoms with E-state index in [4.69, 9.17) is 0 Å². The van der Waals surface area contributed by atoms with Crippen LogP contribution >= 0.6 is 22.6 Å². The molecule has 15 heavy (non-hydrogen) atoms. The fourth-order valence-corrected chi connectivity index (χ4v) is 2.37. The third-order valence-corrected chi connectivity index (χ3v) is 3.20. The number of rotatable bonds is 2. The summed E-state index contributed by atoms with van der Waals surface area (Å²) in [4.78, 5) is 11.1. The summed E-state index contributed by atoms with van der Waals surface area (Å²) in [5.41, 5.74) is 2.43. The molecule has 0 fully saturated rings. The predicted molar refractivity (Wildman–Crippen MR) is 66.9 cm³/mol. The molecule has 0 amide bonds. The molecule has 3 nitrogen and oxygen atoms in total.